The van der Waals surface area contributed by atoms with Gasteiger partial charge in [0.25, 0.3) is 0 Å². The van der Waals surface area contributed by atoms with Crippen molar-refractivity contribution in [1.29, 1.82) is 0 Å². The van der Waals surface area contributed by atoms with Gasteiger partial charge in [-0.1, -0.05) is 48.4 Å². The van der Waals surface area contributed by atoms with E-state index in [2.05, 4.69) is 10.8 Å². The molecule has 4 rings (SSSR count). The Morgan fingerprint density at radius 1 is 1.11 bits per heavy atom. The molecular weight excluding hydrogens is 454 g/mol. The molecule has 0 aliphatic carbocycles. The smallest absolute Gasteiger partial charge is 0.222 e. The third-order valence-electron chi connectivity index (χ3n) is 5.65. The highest BCUT2D eigenvalue weighted by Crippen LogP contribution is 2.34. The molecular formula is C29H31N3O4. The third kappa shape index (κ3) is 6.64. The second kappa shape index (κ2) is 12.2. The standard InChI is InChI=1S/C29H31N3O4/c1-4-15-34-21-24(33)18-32(19-26-14-9-16-35-26)20-27-28(23-11-6-5-7-12-23)30-31(3)29(27)36-25-13-8-10-22(2)17-25/h1,5-14,16-17,24,33H,15,18-21H2,2-3H3/t24-/m1/s1. The van der Waals surface area contributed by atoms with Crippen LogP contribution in [-0.2, 0) is 24.9 Å². The molecule has 2 heterocycles. The van der Waals surface area contributed by atoms with Crippen molar-refractivity contribution >= 4 is 0 Å². The predicted molar refractivity (Wildman–Crippen MR) is 138 cm³/mol. The van der Waals surface area contributed by atoms with Gasteiger partial charge in [-0.05, 0) is 36.8 Å². The van der Waals surface area contributed by atoms with Gasteiger partial charge in [-0.25, -0.2) is 4.68 Å². The predicted octanol–water partition coefficient (Wildman–Crippen LogP) is 4.79. The van der Waals surface area contributed by atoms with Gasteiger partial charge in [0.2, 0.25) is 5.88 Å². The molecule has 4 aromatic rings. The first-order valence-corrected chi connectivity index (χ1v) is 11.8. The van der Waals surface area contributed by atoms with Gasteiger partial charge in [-0.2, -0.15) is 5.10 Å². The van der Waals surface area contributed by atoms with Crippen LogP contribution in [0.25, 0.3) is 11.3 Å². The zero-order chi connectivity index (χ0) is 25.3. The molecule has 7 nitrogen and oxygen atoms in total. The molecule has 0 radical (unpaired) electrons. The monoisotopic (exact) mass is 485 g/mol. The van der Waals surface area contributed by atoms with Crippen molar-refractivity contribution in [3.05, 3.63) is 89.9 Å². The summed E-state index contributed by atoms with van der Waals surface area (Å²) >= 11 is 0. The molecule has 0 aliphatic heterocycles. The molecule has 0 aliphatic rings. The minimum absolute atomic E-state index is 0.143. The molecule has 0 unspecified atom stereocenters. The molecule has 2 aromatic heterocycles. The maximum Gasteiger partial charge on any atom is 0.222 e. The van der Waals surface area contributed by atoms with Crippen molar-refractivity contribution in [2.75, 3.05) is 19.8 Å². The first-order chi connectivity index (χ1) is 17.5. The number of aromatic nitrogens is 2. The average Bonchev–Trinajstić information content (AvgIpc) is 3.48. The fourth-order valence-corrected chi connectivity index (χ4v) is 4.08. The van der Waals surface area contributed by atoms with Crippen LogP contribution in [-0.4, -0.2) is 45.6 Å². The molecule has 7 heteroatoms. The maximum absolute atomic E-state index is 10.7. The van der Waals surface area contributed by atoms with Crippen LogP contribution < -0.4 is 4.74 Å². The van der Waals surface area contributed by atoms with E-state index in [0.717, 1.165) is 33.9 Å². The summed E-state index contributed by atoms with van der Waals surface area (Å²) < 4.78 is 19.1. The maximum atomic E-state index is 10.7. The molecule has 1 N–H and O–H groups in total. The fourth-order valence-electron chi connectivity index (χ4n) is 4.08. The number of aryl methyl sites for hydroxylation is 2. The van der Waals surface area contributed by atoms with Crippen molar-refractivity contribution in [1.82, 2.24) is 14.7 Å². The van der Waals surface area contributed by atoms with Gasteiger partial charge < -0.3 is 19.0 Å². The van der Waals surface area contributed by atoms with Crippen molar-refractivity contribution in [3.63, 3.8) is 0 Å². The Balaban J connectivity index is 1.68. The SMILES string of the molecule is C#CCOC[C@H](O)CN(Cc1ccco1)Cc1c(-c2ccccc2)nn(C)c1Oc1cccc(C)c1. The van der Waals surface area contributed by atoms with E-state index in [4.69, 9.17) is 25.4 Å². The van der Waals surface area contributed by atoms with E-state index >= 15 is 0 Å². The van der Waals surface area contributed by atoms with Crippen LogP contribution in [0.3, 0.4) is 0 Å². The Morgan fingerprint density at radius 3 is 2.67 bits per heavy atom. The topological polar surface area (TPSA) is 72.9 Å². The molecule has 1 atom stereocenters. The summed E-state index contributed by atoms with van der Waals surface area (Å²) in [5, 5.41) is 15.5. The van der Waals surface area contributed by atoms with E-state index in [1.54, 1.807) is 10.9 Å². The minimum Gasteiger partial charge on any atom is -0.468 e. The number of ether oxygens (including phenoxy) is 2. The van der Waals surface area contributed by atoms with Crippen LogP contribution in [0.2, 0.25) is 0 Å². The average molecular weight is 486 g/mol. The number of hydrogen-bond acceptors (Lipinski definition) is 6. The zero-order valence-electron chi connectivity index (χ0n) is 20.6. The summed E-state index contributed by atoms with van der Waals surface area (Å²) in [6, 6.07) is 21.7. The van der Waals surface area contributed by atoms with Gasteiger partial charge in [-0.3, -0.25) is 4.90 Å². The summed E-state index contributed by atoms with van der Waals surface area (Å²) in [5.74, 6) is 4.59. The van der Waals surface area contributed by atoms with Crippen molar-refractivity contribution in [2.45, 2.75) is 26.1 Å². The summed E-state index contributed by atoms with van der Waals surface area (Å²) in [6.45, 7) is 3.63. The van der Waals surface area contributed by atoms with E-state index in [1.807, 2.05) is 80.7 Å². The molecule has 0 bridgehead atoms. The second-order valence-electron chi connectivity index (χ2n) is 8.66. The first-order valence-electron chi connectivity index (χ1n) is 11.8. The number of aliphatic hydroxyl groups excluding tert-OH is 1. The van der Waals surface area contributed by atoms with Crippen molar-refractivity contribution in [3.8, 4) is 35.2 Å². The van der Waals surface area contributed by atoms with Crippen LogP contribution in [0, 0.1) is 19.3 Å². The van der Waals surface area contributed by atoms with E-state index in [9.17, 15) is 5.11 Å². The lowest BCUT2D eigenvalue weighted by molar-refractivity contribution is 0.0229. The van der Waals surface area contributed by atoms with E-state index in [0.29, 0.717) is 25.5 Å². The normalized spacial score (nSPS) is 12.0. The largest absolute Gasteiger partial charge is 0.468 e. The van der Waals surface area contributed by atoms with Gasteiger partial charge in [0.1, 0.15) is 23.8 Å². The highest BCUT2D eigenvalue weighted by Gasteiger charge is 2.24. The fraction of sp³-hybridized carbons (Fsp3) is 0.276. The molecule has 0 saturated carbocycles. The van der Waals surface area contributed by atoms with Gasteiger partial charge in [0, 0.05) is 25.7 Å². The highest BCUT2D eigenvalue weighted by atomic mass is 16.5. The number of furan rings is 1. The Labute approximate surface area is 211 Å². The van der Waals surface area contributed by atoms with Crippen LogP contribution in [0.4, 0.5) is 0 Å². The lowest BCUT2D eigenvalue weighted by Gasteiger charge is -2.24. The van der Waals surface area contributed by atoms with Crippen LogP contribution in [0.1, 0.15) is 16.9 Å². The Hall–Kier alpha value is -3.83. The summed E-state index contributed by atoms with van der Waals surface area (Å²) in [7, 11) is 1.88. The Morgan fingerprint density at radius 2 is 1.94 bits per heavy atom. The molecule has 0 amide bonds. The molecule has 0 spiro atoms. The van der Waals surface area contributed by atoms with E-state index in [1.165, 1.54) is 0 Å². The van der Waals surface area contributed by atoms with E-state index < -0.39 is 6.10 Å². The van der Waals surface area contributed by atoms with Crippen LogP contribution in [0.5, 0.6) is 11.6 Å². The number of terminal acetylenes is 1. The highest BCUT2D eigenvalue weighted by molar-refractivity contribution is 5.65. The number of hydrogen-bond donors (Lipinski definition) is 1. The number of benzene rings is 2. The second-order valence-corrected chi connectivity index (χ2v) is 8.66. The van der Waals surface area contributed by atoms with Crippen molar-refractivity contribution in [2.24, 2.45) is 7.05 Å². The summed E-state index contributed by atoms with van der Waals surface area (Å²) in [6.07, 6.45) is 6.18. The lowest BCUT2D eigenvalue weighted by atomic mass is 10.1. The molecule has 2 aromatic carbocycles. The zero-order valence-corrected chi connectivity index (χ0v) is 20.6. The third-order valence-corrected chi connectivity index (χ3v) is 5.65. The molecule has 186 valence electrons. The molecule has 0 saturated heterocycles. The minimum atomic E-state index is -0.730. The Kier molecular flexibility index (Phi) is 8.58. The number of rotatable bonds is 12. The van der Waals surface area contributed by atoms with Gasteiger partial charge >= 0.3 is 0 Å². The van der Waals surface area contributed by atoms with Crippen LogP contribution >= 0.6 is 0 Å². The van der Waals surface area contributed by atoms with E-state index in [-0.39, 0.29) is 13.2 Å². The number of aliphatic hydroxyl groups is 1. The molecule has 0 fully saturated rings. The lowest BCUT2D eigenvalue weighted by Crippen LogP contribution is -2.34. The summed E-state index contributed by atoms with van der Waals surface area (Å²) in [5.41, 5.74) is 3.82. The van der Waals surface area contributed by atoms with Gasteiger partial charge in [0.05, 0.1) is 31.1 Å². The van der Waals surface area contributed by atoms with Gasteiger partial charge in [-0.15, -0.1) is 6.42 Å². The van der Waals surface area contributed by atoms with Crippen molar-refractivity contribution < 1.29 is 19.0 Å². The number of nitrogens with zero attached hydrogens (tertiary/aromatic N) is 3. The first kappa shape index (κ1) is 25.3. The quantitative estimate of drug-likeness (QED) is 0.230. The van der Waals surface area contributed by atoms with Crippen LogP contribution in [0.15, 0.2) is 77.4 Å². The van der Waals surface area contributed by atoms with Gasteiger partial charge in [0.15, 0.2) is 0 Å². The summed E-state index contributed by atoms with van der Waals surface area (Å²) in [4.78, 5) is 2.09. The Bertz CT molecular complexity index is 1280. The molecule has 36 heavy (non-hydrogen) atoms.